The van der Waals surface area contributed by atoms with Gasteiger partial charge in [0.05, 0.1) is 12.9 Å². The van der Waals surface area contributed by atoms with Crippen molar-refractivity contribution in [1.82, 2.24) is 15.3 Å². The number of nitrogens with one attached hydrogen (secondary N) is 2. The van der Waals surface area contributed by atoms with Crippen LogP contribution in [0.25, 0.3) is 0 Å². The Morgan fingerprint density at radius 3 is 3.00 bits per heavy atom. The standard InChI is InChI=1S/C15H19N3O/c1-15(2)9-19-14(18-15)12-5-3-4-11(6-12)7-13-8-16-10-17-13/h3-6,8,10,14,18H,7,9H2,1-2H3,(H,16,17). The summed E-state index contributed by atoms with van der Waals surface area (Å²) in [6.07, 6.45) is 4.43. The van der Waals surface area contributed by atoms with Crippen LogP contribution in [0.4, 0.5) is 0 Å². The number of benzene rings is 1. The van der Waals surface area contributed by atoms with E-state index >= 15 is 0 Å². The second kappa shape index (κ2) is 4.79. The Labute approximate surface area is 113 Å². The highest BCUT2D eigenvalue weighted by atomic mass is 16.5. The maximum absolute atomic E-state index is 5.81. The van der Waals surface area contributed by atoms with Crippen molar-refractivity contribution < 1.29 is 4.74 Å². The van der Waals surface area contributed by atoms with Crippen molar-refractivity contribution in [3.05, 3.63) is 53.6 Å². The van der Waals surface area contributed by atoms with E-state index in [1.54, 1.807) is 6.33 Å². The molecule has 1 saturated heterocycles. The van der Waals surface area contributed by atoms with E-state index in [0.29, 0.717) is 0 Å². The Kier molecular flexibility index (Phi) is 3.12. The molecule has 0 bridgehead atoms. The van der Waals surface area contributed by atoms with Gasteiger partial charge in [-0.15, -0.1) is 0 Å². The van der Waals surface area contributed by atoms with Crippen LogP contribution in [0.2, 0.25) is 0 Å². The van der Waals surface area contributed by atoms with Gasteiger partial charge >= 0.3 is 0 Å². The van der Waals surface area contributed by atoms with Crippen molar-refractivity contribution in [2.24, 2.45) is 0 Å². The average molecular weight is 257 g/mol. The number of imidazole rings is 1. The highest BCUT2D eigenvalue weighted by molar-refractivity contribution is 5.28. The summed E-state index contributed by atoms with van der Waals surface area (Å²) in [5.74, 6) is 0. The van der Waals surface area contributed by atoms with Crippen LogP contribution >= 0.6 is 0 Å². The maximum Gasteiger partial charge on any atom is 0.134 e. The van der Waals surface area contributed by atoms with Gasteiger partial charge in [0.2, 0.25) is 0 Å². The van der Waals surface area contributed by atoms with Crippen LogP contribution in [0.3, 0.4) is 0 Å². The quantitative estimate of drug-likeness (QED) is 0.887. The van der Waals surface area contributed by atoms with Gasteiger partial charge in [-0.3, -0.25) is 5.32 Å². The summed E-state index contributed by atoms with van der Waals surface area (Å²) in [6.45, 7) is 5.05. The van der Waals surface area contributed by atoms with Crippen LogP contribution in [0.1, 0.15) is 36.9 Å². The van der Waals surface area contributed by atoms with Gasteiger partial charge in [0.1, 0.15) is 6.23 Å². The highest BCUT2D eigenvalue weighted by Crippen LogP contribution is 2.26. The fraction of sp³-hybridized carbons (Fsp3) is 0.400. The van der Waals surface area contributed by atoms with Crippen LogP contribution < -0.4 is 5.32 Å². The minimum atomic E-state index is -0.00304. The zero-order valence-corrected chi connectivity index (χ0v) is 11.3. The van der Waals surface area contributed by atoms with Crippen molar-refractivity contribution in [2.75, 3.05) is 6.61 Å². The lowest BCUT2D eigenvalue weighted by atomic mass is 10.0. The number of rotatable bonds is 3. The summed E-state index contributed by atoms with van der Waals surface area (Å²) >= 11 is 0. The number of aromatic nitrogens is 2. The first-order chi connectivity index (χ1) is 9.12. The van der Waals surface area contributed by atoms with Crippen molar-refractivity contribution in [2.45, 2.75) is 32.0 Å². The van der Waals surface area contributed by atoms with Crippen molar-refractivity contribution >= 4 is 0 Å². The highest BCUT2D eigenvalue weighted by Gasteiger charge is 2.31. The van der Waals surface area contributed by atoms with Gasteiger partial charge in [0.15, 0.2) is 0 Å². The summed E-state index contributed by atoms with van der Waals surface area (Å²) in [5, 5.41) is 3.49. The van der Waals surface area contributed by atoms with E-state index in [2.05, 4.69) is 53.4 Å². The van der Waals surface area contributed by atoms with Gasteiger partial charge in [-0.05, 0) is 25.0 Å². The third kappa shape index (κ3) is 2.85. The molecule has 1 aliphatic heterocycles. The lowest BCUT2D eigenvalue weighted by molar-refractivity contribution is 0.0988. The predicted octanol–water partition coefficient (Wildman–Crippen LogP) is 2.40. The Balaban J connectivity index is 1.77. The number of H-pyrrole nitrogens is 1. The third-order valence-corrected chi connectivity index (χ3v) is 3.34. The second-order valence-corrected chi connectivity index (χ2v) is 5.72. The Hall–Kier alpha value is -1.65. The number of hydrogen-bond donors (Lipinski definition) is 2. The largest absolute Gasteiger partial charge is 0.357 e. The van der Waals surface area contributed by atoms with Crippen LogP contribution in [0.5, 0.6) is 0 Å². The summed E-state index contributed by atoms with van der Waals surface area (Å²) in [6, 6.07) is 8.51. The molecule has 4 nitrogen and oxygen atoms in total. The van der Waals surface area contributed by atoms with E-state index in [-0.39, 0.29) is 11.8 Å². The number of aromatic amines is 1. The molecule has 0 spiro atoms. The molecule has 100 valence electrons. The van der Waals surface area contributed by atoms with Crippen LogP contribution in [-0.2, 0) is 11.2 Å². The topological polar surface area (TPSA) is 49.9 Å². The molecule has 0 aliphatic carbocycles. The SMILES string of the molecule is CC1(C)COC(c2cccc(Cc3cnc[nH]3)c2)N1. The Morgan fingerprint density at radius 1 is 1.42 bits per heavy atom. The first-order valence-corrected chi connectivity index (χ1v) is 6.58. The van der Waals surface area contributed by atoms with Crippen LogP contribution in [0, 0.1) is 0 Å². The molecule has 3 rings (SSSR count). The van der Waals surface area contributed by atoms with E-state index in [1.807, 2.05) is 6.20 Å². The number of nitrogens with zero attached hydrogens (tertiary/aromatic N) is 1. The van der Waals surface area contributed by atoms with Crippen LogP contribution in [0.15, 0.2) is 36.8 Å². The molecular weight excluding hydrogens is 238 g/mol. The molecule has 2 N–H and O–H groups in total. The molecule has 1 aromatic carbocycles. The van der Waals surface area contributed by atoms with Gasteiger partial charge < -0.3 is 9.72 Å². The molecule has 1 unspecified atom stereocenters. The van der Waals surface area contributed by atoms with Gasteiger partial charge in [0.25, 0.3) is 0 Å². The van der Waals surface area contributed by atoms with Gasteiger partial charge in [-0.1, -0.05) is 24.3 Å². The molecule has 1 aliphatic rings. The third-order valence-electron chi connectivity index (χ3n) is 3.34. The molecule has 2 heterocycles. The van der Waals surface area contributed by atoms with E-state index in [1.165, 1.54) is 11.1 Å². The number of ether oxygens (including phenoxy) is 1. The smallest absolute Gasteiger partial charge is 0.134 e. The van der Waals surface area contributed by atoms with Crippen LogP contribution in [-0.4, -0.2) is 22.1 Å². The molecule has 1 aromatic heterocycles. The molecule has 0 amide bonds. The second-order valence-electron chi connectivity index (χ2n) is 5.72. The zero-order chi connectivity index (χ0) is 13.3. The minimum absolute atomic E-state index is 0.00304. The van der Waals surface area contributed by atoms with Gasteiger partial charge in [-0.25, -0.2) is 4.98 Å². The molecule has 19 heavy (non-hydrogen) atoms. The zero-order valence-electron chi connectivity index (χ0n) is 11.3. The lowest BCUT2D eigenvalue weighted by Crippen LogP contribution is -2.35. The maximum atomic E-state index is 5.81. The lowest BCUT2D eigenvalue weighted by Gasteiger charge is -2.17. The fourth-order valence-electron chi connectivity index (χ4n) is 2.38. The van der Waals surface area contributed by atoms with Crippen molar-refractivity contribution in [3.63, 3.8) is 0 Å². The Bertz CT molecular complexity index is 548. The van der Waals surface area contributed by atoms with Gasteiger partial charge in [0, 0.05) is 23.9 Å². The van der Waals surface area contributed by atoms with E-state index in [9.17, 15) is 0 Å². The molecule has 1 atom stereocenters. The van der Waals surface area contributed by atoms with E-state index < -0.39 is 0 Å². The molecule has 4 heteroatoms. The Morgan fingerprint density at radius 2 is 2.32 bits per heavy atom. The van der Waals surface area contributed by atoms with E-state index in [4.69, 9.17) is 4.74 Å². The monoisotopic (exact) mass is 257 g/mol. The first-order valence-electron chi connectivity index (χ1n) is 6.58. The molecule has 0 radical (unpaired) electrons. The average Bonchev–Trinajstić information content (AvgIpc) is 2.99. The molecule has 2 aromatic rings. The minimum Gasteiger partial charge on any atom is -0.357 e. The summed E-state index contributed by atoms with van der Waals surface area (Å²) in [5.41, 5.74) is 3.61. The summed E-state index contributed by atoms with van der Waals surface area (Å²) < 4.78 is 5.81. The number of hydrogen-bond acceptors (Lipinski definition) is 3. The molecular formula is C15H19N3O. The summed E-state index contributed by atoms with van der Waals surface area (Å²) in [4.78, 5) is 7.17. The predicted molar refractivity (Wildman–Crippen MR) is 73.7 cm³/mol. The molecule has 1 fully saturated rings. The van der Waals surface area contributed by atoms with Crippen molar-refractivity contribution in [1.29, 1.82) is 0 Å². The van der Waals surface area contributed by atoms with E-state index in [0.717, 1.165) is 18.7 Å². The fourth-order valence-corrected chi connectivity index (χ4v) is 2.38. The normalized spacial score (nSPS) is 21.7. The van der Waals surface area contributed by atoms with Gasteiger partial charge in [-0.2, -0.15) is 0 Å². The first kappa shape index (κ1) is 12.4. The molecule has 0 saturated carbocycles. The van der Waals surface area contributed by atoms with Crippen molar-refractivity contribution in [3.8, 4) is 0 Å². The summed E-state index contributed by atoms with van der Waals surface area (Å²) in [7, 11) is 0.